The highest BCUT2D eigenvalue weighted by molar-refractivity contribution is 9.10. The van der Waals surface area contributed by atoms with E-state index < -0.39 is 0 Å². The molecule has 0 aliphatic rings. The van der Waals surface area contributed by atoms with Crippen molar-refractivity contribution in [2.75, 3.05) is 0 Å². The maximum atomic E-state index is 4.39. The van der Waals surface area contributed by atoms with Gasteiger partial charge in [-0.15, -0.1) is 0 Å². The number of hydrogen-bond donors (Lipinski definition) is 0. The normalized spacial score (nSPS) is 10.6. The molecule has 4 heteroatoms. The van der Waals surface area contributed by atoms with Crippen molar-refractivity contribution in [3.63, 3.8) is 0 Å². The van der Waals surface area contributed by atoms with Gasteiger partial charge in [0.1, 0.15) is 0 Å². The molecule has 0 aliphatic carbocycles. The highest BCUT2D eigenvalue weighted by Gasteiger charge is 2.02. The lowest BCUT2D eigenvalue weighted by Gasteiger charge is -2.01. The van der Waals surface area contributed by atoms with Gasteiger partial charge in [-0.2, -0.15) is 5.10 Å². The van der Waals surface area contributed by atoms with E-state index in [2.05, 4.69) is 50.4 Å². The van der Waals surface area contributed by atoms with E-state index in [0.717, 1.165) is 22.1 Å². The Labute approximate surface area is 120 Å². The summed E-state index contributed by atoms with van der Waals surface area (Å²) >= 11 is 3.43. The molecule has 94 valence electrons. The van der Waals surface area contributed by atoms with Crippen LogP contribution in [0.1, 0.15) is 5.56 Å². The van der Waals surface area contributed by atoms with Gasteiger partial charge in [0.25, 0.3) is 0 Å². The van der Waals surface area contributed by atoms with E-state index in [4.69, 9.17) is 0 Å². The van der Waals surface area contributed by atoms with Crippen LogP contribution in [0.25, 0.3) is 11.1 Å². The maximum Gasteiger partial charge on any atom is 0.0675 e. The molecule has 3 rings (SSSR count). The Bertz CT molecular complexity index is 677. The molecule has 2 heterocycles. The van der Waals surface area contributed by atoms with Gasteiger partial charge >= 0.3 is 0 Å². The van der Waals surface area contributed by atoms with Crippen LogP contribution in [-0.4, -0.2) is 14.8 Å². The quantitative estimate of drug-likeness (QED) is 0.737. The fourth-order valence-electron chi connectivity index (χ4n) is 1.96. The van der Waals surface area contributed by atoms with Crippen molar-refractivity contribution < 1.29 is 0 Å². The van der Waals surface area contributed by atoms with Crippen LogP contribution in [0.5, 0.6) is 0 Å². The monoisotopic (exact) mass is 313 g/mol. The lowest BCUT2D eigenvalue weighted by molar-refractivity contribution is 0.684. The van der Waals surface area contributed by atoms with Crippen molar-refractivity contribution >= 4 is 15.9 Å². The fraction of sp³-hybridized carbons (Fsp3) is 0.0667. The average molecular weight is 314 g/mol. The van der Waals surface area contributed by atoms with Crippen molar-refractivity contribution in [2.24, 2.45) is 0 Å². The summed E-state index contributed by atoms with van der Waals surface area (Å²) in [6, 6.07) is 12.3. The lowest BCUT2D eigenvalue weighted by Crippen LogP contribution is -2.00. The number of aromatic nitrogens is 3. The molecule has 3 aromatic rings. The molecule has 0 spiro atoms. The van der Waals surface area contributed by atoms with Gasteiger partial charge in [0, 0.05) is 28.6 Å². The first-order chi connectivity index (χ1) is 9.31. The standard InChI is InChI=1S/C15H12BrN3/c16-15-6-12(7-17-9-15)10-19-11-14(8-18-19)13-4-2-1-3-5-13/h1-9,11H,10H2. The number of benzene rings is 1. The molecule has 0 aliphatic heterocycles. The molecule has 2 aromatic heterocycles. The Morgan fingerprint density at radius 2 is 1.84 bits per heavy atom. The van der Waals surface area contributed by atoms with Crippen LogP contribution in [0, 0.1) is 0 Å². The third-order valence-corrected chi connectivity index (χ3v) is 3.28. The Morgan fingerprint density at radius 1 is 1.00 bits per heavy atom. The zero-order valence-electron chi connectivity index (χ0n) is 10.2. The molecule has 1 aromatic carbocycles. The molecule has 0 radical (unpaired) electrons. The first-order valence-corrected chi connectivity index (χ1v) is 6.78. The molecule has 19 heavy (non-hydrogen) atoms. The summed E-state index contributed by atoms with van der Waals surface area (Å²) in [7, 11) is 0. The number of hydrogen-bond acceptors (Lipinski definition) is 2. The lowest BCUT2D eigenvalue weighted by atomic mass is 10.1. The van der Waals surface area contributed by atoms with E-state index in [-0.39, 0.29) is 0 Å². The summed E-state index contributed by atoms with van der Waals surface area (Å²) in [5.74, 6) is 0. The highest BCUT2D eigenvalue weighted by atomic mass is 79.9. The van der Waals surface area contributed by atoms with Gasteiger partial charge in [-0.05, 0) is 33.1 Å². The average Bonchev–Trinajstić information content (AvgIpc) is 2.88. The third kappa shape index (κ3) is 2.90. The Kier molecular flexibility index (Phi) is 3.42. The smallest absolute Gasteiger partial charge is 0.0675 e. The maximum absolute atomic E-state index is 4.39. The minimum Gasteiger partial charge on any atom is -0.268 e. The minimum atomic E-state index is 0.722. The van der Waals surface area contributed by atoms with Gasteiger partial charge in [-0.3, -0.25) is 9.67 Å². The fourth-order valence-corrected chi connectivity index (χ4v) is 2.37. The molecule has 0 fully saturated rings. The second-order valence-corrected chi connectivity index (χ2v) is 5.22. The van der Waals surface area contributed by atoms with E-state index in [1.807, 2.05) is 35.3 Å². The molecule has 0 atom stereocenters. The van der Waals surface area contributed by atoms with Gasteiger partial charge in [0.05, 0.1) is 12.7 Å². The van der Waals surface area contributed by atoms with Gasteiger partial charge in [0.15, 0.2) is 0 Å². The number of pyridine rings is 1. The molecular weight excluding hydrogens is 302 g/mol. The molecular formula is C15H12BrN3. The Hall–Kier alpha value is -1.94. The first-order valence-electron chi connectivity index (χ1n) is 5.98. The van der Waals surface area contributed by atoms with Crippen molar-refractivity contribution in [3.8, 4) is 11.1 Å². The van der Waals surface area contributed by atoms with Crippen LogP contribution >= 0.6 is 15.9 Å². The Morgan fingerprint density at radius 3 is 2.63 bits per heavy atom. The second kappa shape index (κ2) is 5.36. The van der Waals surface area contributed by atoms with Crippen molar-refractivity contribution in [2.45, 2.75) is 6.54 Å². The van der Waals surface area contributed by atoms with Crippen LogP contribution in [0.15, 0.2) is 65.7 Å². The summed E-state index contributed by atoms with van der Waals surface area (Å²) in [5, 5.41) is 4.39. The molecule has 0 amide bonds. The molecule has 0 N–H and O–H groups in total. The first kappa shape index (κ1) is 12.1. The van der Waals surface area contributed by atoms with E-state index in [9.17, 15) is 0 Å². The van der Waals surface area contributed by atoms with Crippen molar-refractivity contribution in [1.29, 1.82) is 0 Å². The molecule has 0 unspecified atom stereocenters. The van der Waals surface area contributed by atoms with E-state index in [1.54, 1.807) is 6.20 Å². The van der Waals surface area contributed by atoms with E-state index in [0.29, 0.717) is 0 Å². The summed E-state index contributed by atoms with van der Waals surface area (Å²) < 4.78 is 2.91. The topological polar surface area (TPSA) is 30.7 Å². The number of rotatable bonds is 3. The second-order valence-electron chi connectivity index (χ2n) is 4.30. The number of halogens is 1. The van der Waals surface area contributed by atoms with Crippen LogP contribution < -0.4 is 0 Å². The van der Waals surface area contributed by atoms with Crippen molar-refractivity contribution in [1.82, 2.24) is 14.8 Å². The molecule has 3 nitrogen and oxygen atoms in total. The van der Waals surface area contributed by atoms with E-state index in [1.165, 1.54) is 5.56 Å². The SMILES string of the molecule is Brc1cncc(Cn2cc(-c3ccccc3)cn2)c1. The third-order valence-electron chi connectivity index (χ3n) is 2.85. The van der Waals surface area contributed by atoms with Crippen LogP contribution in [0.4, 0.5) is 0 Å². The minimum absolute atomic E-state index is 0.722. The van der Waals surface area contributed by atoms with Crippen LogP contribution in [-0.2, 0) is 6.54 Å². The molecule has 0 saturated carbocycles. The largest absolute Gasteiger partial charge is 0.268 e. The predicted molar refractivity (Wildman–Crippen MR) is 78.7 cm³/mol. The van der Waals surface area contributed by atoms with Crippen LogP contribution in [0.3, 0.4) is 0 Å². The summed E-state index contributed by atoms with van der Waals surface area (Å²) in [4.78, 5) is 4.16. The van der Waals surface area contributed by atoms with Crippen LogP contribution in [0.2, 0.25) is 0 Å². The van der Waals surface area contributed by atoms with E-state index >= 15 is 0 Å². The predicted octanol–water partition coefficient (Wildman–Crippen LogP) is 3.76. The van der Waals surface area contributed by atoms with Crippen molar-refractivity contribution in [3.05, 3.63) is 71.2 Å². The van der Waals surface area contributed by atoms with Gasteiger partial charge in [-0.1, -0.05) is 30.3 Å². The molecule has 0 bridgehead atoms. The summed E-state index contributed by atoms with van der Waals surface area (Å²) in [5.41, 5.74) is 3.43. The van der Waals surface area contributed by atoms with Gasteiger partial charge in [0.2, 0.25) is 0 Å². The zero-order valence-corrected chi connectivity index (χ0v) is 11.8. The zero-order chi connectivity index (χ0) is 13.1. The summed E-state index contributed by atoms with van der Waals surface area (Å²) in [6.45, 7) is 0.722. The van der Waals surface area contributed by atoms with Gasteiger partial charge in [-0.25, -0.2) is 0 Å². The highest BCUT2D eigenvalue weighted by Crippen LogP contribution is 2.18. The Balaban J connectivity index is 1.82. The molecule has 0 saturated heterocycles. The summed E-state index contributed by atoms with van der Waals surface area (Å²) in [6.07, 6.45) is 7.58. The van der Waals surface area contributed by atoms with Gasteiger partial charge < -0.3 is 0 Å². The number of nitrogens with zero attached hydrogens (tertiary/aromatic N) is 3.